The second kappa shape index (κ2) is 6.59. The van der Waals surface area contributed by atoms with Crippen LogP contribution < -0.4 is 5.32 Å². The molecule has 2 aromatic heterocycles. The van der Waals surface area contributed by atoms with E-state index in [1.165, 1.54) is 11.3 Å². The highest BCUT2D eigenvalue weighted by Crippen LogP contribution is 2.27. The lowest BCUT2D eigenvalue weighted by Crippen LogP contribution is -2.30. The van der Waals surface area contributed by atoms with Gasteiger partial charge in [0.25, 0.3) is 0 Å². The van der Waals surface area contributed by atoms with E-state index in [4.69, 9.17) is 5.11 Å². The number of thiazole rings is 1. The summed E-state index contributed by atoms with van der Waals surface area (Å²) in [4.78, 5) is 26.7. The van der Waals surface area contributed by atoms with Crippen LogP contribution in [0.5, 0.6) is 0 Å². The Morgan fingerprint density at radius 2 is 2.22 bits per heavy atom. The van der Waals surface area contributed by atoms with Gasteiger partial charge in [-0.25, -0.2) is 15.0 Å². The Bertz CT molecular complexity index is 718. The number of nitrogens with zero attached hydrogens (tertiary/aromatic N) is 4. The number of anilines is 2. The average molecular weight is 333 g/mol. The molecule has 0 aromatic carbocycles. The molecule has 7 nitrogen and oxygen atoms in total. The first-order valence-electron chi connectivity index (χ1n) is 7.48. The highest BCUT2D eigenvalue weighted by Gasteiger charge is 2.29. The number of aromatic nitrogens is 3. The quantitative estimate of drug-likeness (QED) is 0.883. The van der Waals surface area contributed by atoms with E-state index in [1.54, 1.807) is 4.90 Å². The van der Waals surface area contributed by atoms with Crippen molar-refractivity contribution in [2.24, 2.45) is 0 Å². The molecule has 1 saturated heterocycles. The fraction of sp³-hybridized carbons (Fsp3) is 0.467. The van der Waals surface area contributed by atoms with Crippen molar-refractivity contribution in [2.45, 2.75) is 26.2 Å². The van der Waals surface area contributed by atoms with Crippen molar-refractivity contribution >= 4 is 28.2 Å². The summed E-state index contributed by atoms with van der Waals surface area (Å²) in [5.41, 5.74) is 1.84. The van der Waals surface area contributed by atoms with Gasteiger partial charge in [-0.3, -0.25) is 4.79 Å². The summed E-state index contributed by atoms with van der Waals surface area (Å²) in [6.45, 7) is 4.62. The second-order valence-electron chi connectivity index (χ2n) is 5.66. The number of hydrogen-bond donors (Lipinski definition) is 2. The molecule has 1 amide bonds. The Morgan fingerprint density at radius 3 is 2.91 bits per heavy atom. The summed E-state index contributed by atoms with van der Waals surface area (Å²) in [6.07, 6.45) is 0.811. The molecule has 1 aliphatic heterocycles. The van der Waals surface area contributed by atoms with Crippen molar-refractivity contribution < 1.29 is 9.90 Å². The van der Waals surface area contributed by atoms with E-state index in [1.807, 2.05) is 25.3 Å². The van der Waals surface area contributed by atoms with E-state index in [2.05, 4.69) is 20.3 Å². The Balaban J connectivity index is 1.77. The molecular weight excluding hydrogens is 314 g/mol. The molecule has 0 aliphatic carbocycles. The summed E-state index contributed by atoms with van der Waals surface area (Å²) >= 11 is 1.53. The lowest BCUT2D eigenvalue weighted by Gasteiger charge is -2.15. The van der Waals surface area contributed by atoms with Crippen LogP contribution in [0.1, 0.15) is 29.6 Å². The van der Waals surface area contributed by atoms with Gasteiger partial charge in [0.15, 0.2) is 5.13 Å². The molecule has 1 fully saturated rings. The molecule has 3 heterocycles. The number of aliphatic hydroxyl groups is 1. The van der Waals surface area contributed by atoms with Crippen LogP contribution in [-0.4, -0.2) is 50.6 Å². The molecule has 3 rings (SSSR count). The monoisotopic (exact) mass is 333 g/mol. The molecule has 0 bridgehead atoms. The average Bonchev–Trinajstić information content (AvgIpc) is 3.15. The maximum absolute atomic E-state index is 11.6. The molecule has 0 saturated carbocycles. The highest BCUT2D eigenvalue weighted by atomic mass is 32.1. The van der Waals surface area contributed by atoms with Gasteiger partial charge in [-0.2, -0.15) is 0 Å². The lowest BCUT2D eigenvalue weighted by atomic mass is 10.1. The molecule has 1 atom stereocenters. The minimum atomic E-state index is -0.447. The normalized spacial score (nSPS) is 17.5. The lowest BCUT2D eigenvalue weighted by molar-refractivity contribution is -0.133. The summed E-state index contributed by atoms with van der Waals surface area (Å²) in [5, 5.41) is 15.0. The van der Waals surface area contributed by atoms with Crippen LogP contribution in [0.4, 0.5) is 10.9 Å². The number of carbonyl (C=O) groups excluding carboxylic acids is 1. The van der Waals surface area contributed by atoms with Crippen LogP contribution >= 0.6 is 11.3 Å². The van der Waals surface area contributed by atoms with Gasteiger partial charge in [-0.1, -0.05) is 0 Å². The second-order valence-corrected chi connectivity index (χ2v) is 6.51. The number of nitrogens with one attached hydrogen (secondary N) is 1. The van der Waals surface area contributed by atoms with Crippen LogP contribution in [0, 0.1) is 13.8 Å². The molecule has 122 valence electrons. The number of carbonyl (C=O) groups is 1. The highest BCUT2D eigenvalue weighted by molar-refractivity contribution is 7.13. The van der Waals surface area contributed by atoms with E-state index in [-0.39, 0.29) is 11.8 Å². The molecule has 2 aromatic rings. The third kappa shape index (κ3) is 3.65. The van der Waals surface area contributed by atoms with E-state index in [9.17, 15) is 4.79 Å². The van der Waals surface area contributed by atoms with Gasteiger partial charge in [0.05, 0.1) is 5.69 Å². The summed E-state index contributed by atoms with van der Waals surface area (Å²) in [7, 11) is 0. The smallest absolute Gasteiger partial charge is 0.248 e. The van der Waals surface area contributed by atoms with Crippen LogP contribution in [0.25, 0.3) is 0 Å². The van der Waals surface area contributed by atoms with Crippen LogP contribution in [0.2, 0.25) is 0 Å². The van der Waals surface area contributed by atoms with Gasteiger partial charge < -0.3 is 15.3 Å². The zero-order valence-electron chi connectivity index (χ0n) is 13.1. The zero-order valence-corrected chi connectivity index (χ0v) is 13.9. The van der Waals surface area contributed by atoms with Crippen molar-refractivity contribution in [1.29, 1.82) is 0 Å². The van der Waals surface area contributed by atoms with Crippen molar-refractivity contribution in [3.05, 3.63) is 28.7 Å². The van der Waals surface area contributed by atoms with E-state index >= 15 is 0 Å². The topological polar surface area (TPSA) is 91.2 Å². The molecule has 8 heteroatoms. The summed E-state index contributed by atoms with van der Waals surface area (Å²) in [5.74, 6) is 1.31. The van der Waals surface area contributed by atoms with Crippen molar-refractivity contribution in [1.82, 2.24) is 19.9 Å². The van der Waals surface area contributed by atoms with E-state index in [0.717, 1.165) is 28.8 Å². The fourth-order valence-corrected chi connectivity index (χ4v) is 3.35. The number of likely N-dealkylation sites (tertiary alicyclic amines) is 1. The number of amides is 1. The molecule has 2 N–H and O–H groups in total. The maximum atomic E-state index is 11.6. The summed E-state index contributed by atoms with van der Waals surface area (Å²) < 4.78 is 0. The first-order valence-corrected chi connectivity index (χ1v) is 8.36. The Labute approximate surface area is 138 Å². The van der Waals surface area contributed by atoms with Crippen LogP contribution in [0.3, 0.4) is 0 Å². The standard InChI is InChI=1S/C15H19N5O2S/c1-9-5-12(19-15-17-10(2)8-23-15)18-14(16-9)11-3-4-20(6-11)13(22)7-21/h5,8,11,21H,3-4,6-7H2,1-2H3,(H,16,17,18,19). The van der Waals surface area contributed by atoms with Gasteiger partial charge in [0.1, 0.15) is 18.2 Å². The first kappa shape index (κ1) is 15.8. The van der Waals surface area contributed by atoms with Gasteiger partial charge >= 0.3 is 0 Å². The van der Waals surface area contributed by atoms with Gasteiger partial charge in [-0.05, 0) is 20.3 Å². The zero-order chi connectivity index (χ0) is 16.4. The third-order valence-corrected chi connectivity index (χ3v) is 4.64. The predicted octanol–water partition coefficient (Wildman–Crippen LogP) is 1.60. The maximum Gasteiger partial charge on any atom is 0.248 e. The van der Waals surface area contributed by atoms with Crippen LogP contribution in [-0.2, 0) is 4.79 Å². The molecule has 0 spiro atoms. The molecule has 0 radical (unpaired) electrons. The molecule has 1 aliphatic rings. The molecule has 23 heavy (non-hydrogen) atoms. The number of rotatable bonds is 4. The summed E-state index contributed by atoms with van der Waals surface area (Å²) in [6, 6.07) is 1.88. The number of hydrogen-bond acceptors (Lipinski definition) is 7. The minimum absolute atomic E-state index is 0.101. The fourth-order valence-electron chi connectivity index (χ4n) is 2.66. The van der Waals surface area contributed by atoms with Gasteiger partial charge in [0, 0.05) is 36.1 Å². The van der Waals surface area contributed by atoms with Gasteiger partial charge in [-0.15, -0.1) is 11.3 Å². The van der Waals surface area contributed by atoms with Crippen molar-refractivity contribution in [3.8, 4) is 0 Å². The predicted molar refractivity (Wildman–Crippen MR) is 87.9 cm³/mol. The number of aliphatic hydroxyl groups excluding tert-OH is 1. The largest absolute Gasteiger partial charge is 0.387 e. The van der Waals surface area contributed by atoms with Gasteiger partial charge in [0.2, 0.25) is 5.91 Å². The van der Waals surface area contributed by atoms with Crippen molar-refractivity contribution in [2.75, 3.05) is 25.0 Å². The third-order valence-electron chi connectivity index (χ3n) is 3.77. The Hall–Kier alpha value is -2.06. The van der Waals surface area contributed by atoms with E-state index in [0.29, 0.717) is 18.9 Å². The van der Waals surface area contributed by atoms with E-state index < -0.39 is 6.61 Å². The molecular formula is C15H19N5O2S. The Morgan fingerprint density at radius 1 is 1.39 bits per heavy atom. The van der Waals surface area contributed by atoms with Crippen LogP contribution in [0.15, 0.2) is 11.4 Å². The Kier molecular flexibility index (Phi) is 4.53. The minimum Gasteiger partial charge on any atom is -0.387 e. The first-order chi connectivity index (χ1) is 11.0. The number of aryl methyl sites for hydroxylation is 2. The SMILES string of the molecule is Cc1cc(Nc2nc(C)cs2)nc(C2CCN(C(=O)CO)C2)n1. The van der Waals surface area contributed by atoms with Crippen molar-refractivity contribution in [3.63, 3.8) is 0 Å². The molecule has 1 unspecified atom stereocenters.